The molecule has 0 aliphatic carbocycles. The fourth-order valence-electron chi connectivity index (χ4n) is 0.898. The summed E-state index contributed by atoms with van der Waals surface area (Å²) in [5, 5.41) is 8.36. The predicted octanol–water partition coefficient (Wildman–Crippen LogP) is -0.889. The minimum atomic E-state index is -0.704. The Hall–Kier alpha value is -0.900. The zero-order chi connectivity index (χ0) is 7.56. The molecule has 1 heterocycles. The van der Waals surface area contributed by atoms with Gasteiger partial charge >= 0.3 is 5.97 Å². The van der Waals surface area contributed by atoms with Crippen LogP contribution >= 0.6 is 0 Å². The monoisotopic (exact) mass is 144 g/mol. The third-order valence-electron chi connectivity index (χ3n) is 1.48. The van der Waals surface area contributed by atoms with E-state index in [0.717, 1.165) is 0 Å². The molecule has 1 unspecified atom stereocenters. The Balaban J connectivity index is 2.55. The predicted molar refractivity (Wildman–Crippen MR) is 31.2 cm³/mol. The molecule has 1 fully saturated rings. The van der Waals surface area contributed by atoms with Gasteiger partial charge in [-0.1, -0.05) is 0 Å². The summed E-state index contributed by atoms with van der Waals surface area (Å²) < 4.78 is 4.52. The fraction of sp³-hybridized carbons (Fsp3) is 0.667. The van der Waals surface area contributed by atoms with E-state index >= 15 is 0 Å². The highest BCUT2D eigenvalue weighted by atomic mass is 16.5. The van der Waals surface area contributed by atoms with Crippen molar-refractivity contribution in [1.82, 2.24) is 0 Å². The Labute approximate surface area is 57.8 Å². The number of Topliss-reactive ketones (excluding diaryl/α,β-unsaturated/α-hetero) is 1. The van der Waals surface area contributed by atoms with Crippen LogP contribution in [0, 0.1) is 5.92 Å². The van der Waals surface area contributed by atoms with Gasteiger partial charge in [0.1, 0.15) is 12.5 Å². The number of hydrogen-bond acceptors (Lipinski definition) is 4. The van der Waals surface area contributed by atoms with E-state index in [-0.39, 0.29) is 0 Å². The van der Waals surface area contributed by atoms with Crippen molar-refractivity contribution in [3.63, 3.8) is 0 Å². The van der Waals surface area contributed by atoms with Gasteiger partial charge in [0, 0.05) is 6.42 Å². The zero-order valence-electron chi connectivity index (χ0n) is 5.37. The topological polar surface area (TPSA) is 63.6 Å². The minimum Gasteiger partial charge on any atom is -0.465 e. The average Bonchev–Trinajstić information content (AvgIpc) is 2.34. The van der Waals surface area contributed by atoms with Crippen LogP contribution in [-0.2, 0) is 14.3 Å². The Morgan fingerprint density at radius 3 is 2.90 bits per heavy atom. The number of hydrogen-bond donors (Lipinski definition) is 1. The SMILES string of the molecule is O=C(CO)C1CCOC1=O. The number of aliphatic hydroxyl groups is 1. The highest BCUT2D eigenvalue weighted by molar-refractivity contribution is 6.00. The van der Waals surface area contributed by atoms with Crippen molar-refractivity contribution >= 4 is 11.8 Å². The molecule has 1 saturated heterocycles. The molecule has 0 aromatic rings. The normalized spacial score (nSPS) is 24.5. The smallest absolute Gasteiger partial charge is 0.316 e. The number of rotatable bonds is 2. The molecule has 4 nitrogen and oxygen atoms in total. The van der Waals surface area contributed by atoms with E-state index in [9.17, 15) is 9.59 Å². The first kappa shape index (κ1) is 7.21. The molecule has 1 N–H and O–H groups in total. The zero-order valence-corrected chi connectivity index (χ0v) is 5.37. The van der Waals surface area contributed by atoms with Crippen molar-refractivity contribution in [2.75, 3.05) is 13.2 Å². The lowest BCUT2D eigenvalue weighted by molar-refractivity contribution is -0.145. The average molecular weight is 144 g/mol. The van der Waals surface area contributed by atoms with E-state index < -0.39 is 24.3 Å². The van der Waals surface area contributed by atoms with Gasteiger partial charge in [-0.05, 0) is 0 Å². The van der Waals surface area contributed by atoms with Gasteiger partial charge in [0.25, 0.3) is 0 Å². The standard InChI is InChI=1S/C6H8O4/c7-3-5(8)4-1-2-10-6(4)9/h4,7H,1-3H2. The summed E-state index contributed by atoms with van der Waals surface area (Å²) in [5.41, 5.74) is 0. The summed E-state index contributed by atoms with van der Waals surface area (Å²) in [6, 6.07) is 0. The summed E-state index contributed by atoms with van der Waals surface area (Å²) >= 11 is 0. The summed E-state index contributed by atoms with van der Waals surface area (Å²) in [4.78, 5) is 21.3. The van der Waals surface area contributed by atoms with Crippen molar-refractivity contribution in [2.45, 2.75) is 6.42 Å². The summed E-state index contributed by atoms with van der Waals surface area (Å²) in [5.74, 6) is -1.65. The second kappa shape index (κ2) is 2.79. The van der Waals surface area contributed by atoms with Crippen molar-refractivity contribution < 1.29 is 19.4 Å². The van der Waals surface area contributed by atoms with Crippen LogP contribution in [-0.4, -0.2) is 30.1 Å². The molecule has 0 aromatic carbocycles. The third kappa shape index (κ3) is 1.16. The Morgan fingerprint density at radius 1 is 1.80 bits per heavy atom. The number of aliphatic hydroxyl groups excluding tert-OH is 1. The molecule has 0 aromatic heterocycles. The highest BCUT2D eigenvalue weighted by Crippen LogP contribution is 2.14. The first-order chi connectivity index (χ1) is 4.75. The summed E-state index contributed by atoms with van der Waals surface area (Å²) in [6.07, 6.45) is 0.415. The summed E-state index contributed by atoms with van der Waals surface area (Å²) in [7, 11) is 0. The molecule has 0 amide bonds. The molecule has 1 aliphatic rings. The highest BCUT2D eigenvalue weighted by Gasteiger charge is 2.32. The van der Waals surface area contributed by atoms with E-state index in [0.29, 0.717) is 13.0 Å². The number of carbonyl (C=O) groups is 2. The lowest BCUT2D eigenvalue weighted by Gasteiger charge is -1.98. The van der Waals surface area contributed by atoms with Crippen LogP contribution in [0.3, 0.4) is 0 Å². The van der Waals surface area contributed by atoms with Gasteiger partial charge in [0.2, 0.25) is 0 Å². The maximum Gasteiger partial charge on any atom is 0.316 e. The molecule has 1 atom stereocenters. The van der Waals surface area contributed by atoms with Crippen molar-refractivity contribution in [3.05, 3.63) is 0 Å². The molecule has 0 saturated carbocycles. The van der Waals surface area contributed by atoms with E-state index in [2.05, 4.69) is 4.74 Å². The Kier molecular flexibility index (Phi) is 2.01. The molecular formula is C6H8O4. The van der Waals surface area contributed by atoms with Crippen molar-refractivity contribution in [1.29, 1.82) is 0 Å². The van der Waals surface area contributed by atoms with Crippen LogP contribution in [0.1, 0.15) is 6.42 Å². The second-order valence-electron chi connectivity index (χ2n) is 2.13. The maximum atomic E-state index is 10.7. The number of cyclic esters (lactones) is 1. The van der Waals surface area contributed by atoms with Crippen molar-refractivity contribution in [2.24, 2.45) is 5.92 Å². The minimum absolute atomic E-state index is 0.301. The fourth-order valence-corrected chi connectivity index (χ4v) is 0.898. The first-order valence-electron chi connectivity index (χ1n) is 3.06. The molecule has 1 rings (SSSR count). The molecule has 10 heavy (non-hydrogen) atoms. The van der Waals surface area contributed by atoms with Crippen LogP contribution in [0.15, 0.2) is 0 Å². The molecule has 0 spiro atoms. The summed E-state index contributed by atoms with van der Waals surface area (Å²) in [6.45, 7) is -0.269. The first-order valence-corrected chi connectivity index (χ1v) is 3.06. The number of ether oxygens (including phenoxy) is 1. The van der Waals surface area contributed by atoms with E-state index in [4.69, 9.17) is 5.11 Å². The van der Waals surface area contributed by atoms with Crippen LogP contribution in [0.25, 0.3) is 0 Å². The largest absolute Gasteiger partial charge is 0.465 e. The van der Waals surface area contributed by atoms with Gasteiger partial charge in [-0.15, -0.1) is 0 Å². The number of carbonyl (C=O) groups excluding carboxylic acids is 2. The van der Waals surface area contributed by atoms with E-state index in [1.54, 1.807) is 0 Å². The van der Waals surface area contributed by atoms with Gasteiger partial charge in [-0.2, -0.15) is 0 Å². The molecular weight excluding hydrogens is 136 g/mol. The van der Waals surface area contributed by atoms with Crippen LogP contribution in [0.2, 0.25) is 0 Å². The van der Waals surface area contributed by atoms with Crippen molar-refractivity contribution in [3.8, 4) is 0 Å². The third-order valence-corrected chi connectivity index (χ3v) is 1.48. The molecule has 56 valence electrons. The van der Waals surface area contributed by atoms with E-state index in [1.807, 2.05) is 0 Å². The molecule has 4 heteroatoms. The van der Waals surface area contributed by atoms with E-state index in [1.165, 1.54) is 0 Å². The second-order valence-corrected chi connectivity index (χ2v) is 2.13. The number of ketones is 1. The van der Waals surface area contributed by atoms with Crippen LogP contribution < -0.4 is 0 Å². The Morgan fingerprint density at radius 2 is 2.50 bits per heavy atom. The number of esters is 1. The van der Waals surface area contributed by atoms with Gasteiger partial charge in [0.15, 0.2) is 5.78 Å². The van der Waals surface area contributed by atoms with Gasteiger partial charge in [-0.3, -0.25) is 9.59 Å². The van der Waals surface area contributed by atoms with Gasteiger partial charge < -0.3 is 9.84 Å². The quantitative estimate of drug-likeness (QED) is 0.403. The van der Waals surface area contributed by atoms with Gasteiger partial charge in [-0.25, -0.2) is 0 Å². The van der Waals surface area contributed by atoms with Crippen LogP contribution in [0.5, 0.6) is 0 Å². The lowest BCUT2D eigenvalue weighted by Crippen LogP contribution is -2.21. The molecule has 0 bridgehead atoms. The molecule has 0 radical (unpaired) electrons. The lowest BCUT2D eigenvalue weighted by atomic mass is 10.0. The maximum absolute atomic E-state index is 10.7. The Bertz CT molecular complexity index is 163. The molecule has 1 aliphatic heterocycles. The van der Waals surface area contributed by atoms with Gasteiger partial charge in [0.05, 0.1) is 6.61 Å². The van der Waals surface area contributed by atoms with Crippen LogP contribution in [0.4, 0.5) is 0 Å².